The van der Waals surface area contributed by atoms with Gasteiger partial charge in [0.05, 0.1) is 18.3 Å². The molecule has 1 aliphatic carbocycles. The summed E-state index contributed by atoms with van der Waals surface area (Å²) in [5.74, 6) is -2.37. The normalized spacial score (nSPS) is 15.6. The molecule has 8 nitrogen and oxygen atoms in total. The first-order chi connectivity index (χ1) is 17.1. The van der Waals surface area contributed by atoms with Crippen molar-refractivity contribution in [1.82, 2.24) is 14.3 Å². The topological polar surface area (TPSA) is 102 Å². The predicted molar refractivity (Wildman–Crippen MR) is 130 cm³/mol. The zero-order valence-electron chi connectivity index (χ0n) is 20.5. The zero-order chi connectivity index (χ0) is 25.9. The summed E-state index contributed by atoms with van der Waals surface area (Å²) in [6, 6.07) is 5.44. The van der Waals surface area contributed by atoms with E-state index in [1.807, 2.05) is 0 Å². The molecule has 2 aromatic heterocycles. The van der Waals surface area contributed by atoms with E-state index in [4.69, 9.17) is 4.74 Å². The van der Waals surface area contributed by atoms with Crippen LogP contribution in [0.2, 0.25) is 0 Å². The number of hydrogen-bond acceptors (Lipinski definition) is 5. The SMILES string of the molecule is CC(C)(O)Cn1ccc(NC(=O)[C@H](CC2CCCCC2)n2cc(Oc3c(F)cccc3F)cc2O)n1. The maximum atomic E-state index is 14.1. The van der Waals surface area contributed by atoms with Crippen LogP contribution in [0.15, 0.2) is 42.7 Å². The minimum atomic E-state index is -0.970. The van der Waals surface area contributed by atoms with Gasteiger partial charge in [0.15, 0.2) is 29.1 Å². The summed E-state index contributed by atoms with van der Waals surface area (Å²) >= 11 is 0. The minimum Gasteiger partial charge on any atom is -0.494 e. The van der Waals surface area contributed by atoms with Crippen LogP contribution in [-0.4, -0.2) is 36.1 Å². The van der Waals surface area contributed by atoms with E-state index in [0.29, 0.717) is 12.2 Å². The highest BCUT2D eigenvalue weighted by molar-refractivity contribution is 5.93. The van der Waals surface area contributed by atoms with Crippen LogP contribution in [0.3, 0.4) is 0 Å². The molecule has 1 saturated carbocycles. The summed E-state index contributed by atoms with van der Waals surface area (Å²) in [5, 5.41) is 27.8. The lowest BCUT2D eigenvalue weighted by atomic mass is 9.84. The third-order valence-corrected chi connectivity index (χ3v) is 6.30. The Morgan fingerprint density at radius 3 is 2.58 bits per heavy atom. The summed E-state index contributed by atoms with van der Waals surface area (Å²) in [6.07, 6.45) is 8.80. The molecular formula is C26H32F2N4O4. The Labute approximate surface area is 208 Å². The van der Waals surface area contributed by atoms with E-state index in [1.54, 1.807) is 26.1 Å². The Bertz CT molecular complexity index is 1170. The Morgan fingerprint density at radius 1 is 1.22 bits per heavy atom. The number of carbonyl (C=O) groups is 1. The van der Waals surface area contributed by atoms with Crippen molar-refractivity contribution in [3.05, 3.63) is 54.4 Å². The van der Waals surface area contributed by atoms with E-state index in [1.165, 1.54) is 27.6 Å². The molecule has 0 unspecified atom stereocenters. The predicted octanol–water partition coefficient (Wildman–Crippen LogP) is 5.38. The number of halogens is 2. The van der Waals surface area contributed by atoms with Gasteiger partial charge in [-0.3, -0.25) is 9.48 Å². The number of anilines is 1. The maximum Gasteiger partial charge on any atom is 0.248 e. The second kappa shape index (κ2) is 10.7. The molecule has 0 saturated heterocycles. The summed E-state index contributed by atoms with van der Waals surface area (Å²) in [4.78, 5) is 13.4. The highest BCUT2D eigenvalue weighted by Gasteiger charge is 2.29. The Balaban J connectivity index is 1.57. The van der Waals surface area contributed by atoms with E-state index >= 15 is 0 Å². The zero-order valence-corrected chi connectivity index (χ0v) is 20.5. The fraction of sp³-hybridized carbons (Fsp3) is 0.462. The standard InChI is InChI=1S/C26H32F2N4O4/c1-26(2,35)16-31-12-11-22(30-31)29-25(34)21(13-17-7-4-3-5-8-17)32-15-18(14-23(32)33)36-24-19(27)9-6-10-20(24)28/h6,9-12,14-15,17,21,33,35H,3-5,7-8,13,16H2,1-2H3,(H,29,30,34)/t21-/m0/s1. The van der Waals surface area contributed by atoms with Gasteiger partial charge in [-0.2, -0.15) is 5.10 Å². The Kier molecular flexibility index (Phi) is 7.63. The number of aliphatic hydroxyl groups is 1. The molecule has 3 N–H and O–H groups in total. The van der Waals surface area contributed by atoms with Gasteiger partial charge in [0, 0.05) is 18.3 Å². The number of nitrogens with one attached hydrogen (secondary N) is 1. The molecule has 1 aliphatic rings. The van der Waals surface area contributed by atoms with Gasteiger partial charge in [0.25, 0.3) is 0 Å². The molecule has 194 valence electrons. The van der Waals surface area contributed by atoms with E-state index in [9.17, 15) is 23.8 Å². The van der Waals surface area contributed by atoms with Crippen molar-refractivity contribution >= 4 is 11.7 Å². The third kappa shape index (κ3) is 6.42. The number of ether oxygens (including phenoxy) is 1. The van der Waals surface area contributed by atoms with Crippen LogP contribution in [0, 0.1) is 17.6 Å². The van der Waals surface area contributed by atoms with E-state index < -0.39 is 29.0 Å². The fourth-order valence-electron chi connectivity index (χ4n) is 4.65. The lowest BCUT2D eigenvalue weighted by Crippen LogP contribution is -2.29. The number of hydrogen-bond donors (Lipinski definition) is 3. The molecular weight excluding hydrogens is 470 g/mol. The number of nitrogens with zero attached hydrogens (tertiary/aromatic N) is 3. The number of benzene rings is 1. The van der Waals surface area contributed by atoms with Crippen molar-refractivity contribution in [3.63, 3.8) is 0 Å². The van der Waals surface area contributed by atoms with Gasteiger partial charge in [-0.1, -0.05) is 38.2 Å². The van der Waals surface area contributed by atoms with Gasteiger partial charge in [0.1, 0.15) is 11.8 Å². The summed E-state index contributed by atoms with van der Waals surface area (Å²) in [6.45, 7) is 3.57. The molecule has 2 heterocycles. The van der Waals surface area contributed by atoms with Crippen molar-refractivity contribution < 1.29 is 28.5 Å². The molecule has 0 radical (unpaired) electrons. The van der Waals surface area contributed by atoms with E-state index in [0.717, 1.165) is 44.2 Å². The van der Waals surface area contributed by atoms with Crippen LogP contribution in [0.4, 0.5) is 14.6 Å². The van der Waals surface area contributed by atoms with Gasteiger partial charge < -0.3 is 24.8 Å². The summed E-state index contributed by atoms with van der Waals surface area (Å²) < 4.78 is 36.4. The first kappa shape index (κ1) is 25.7. The van der Waals surface area contributed by atoms with E-state index in [2.05, 4.69) is 10.4 Å². The molecule has 36 heavy (non-hydrogen) atoms. The molecule has 0 aliphatic heterocycles. The highest BCUT2D eigenvalue weighted by Crippen LogP contribution is 2.37. The van der Waals surface area contributed by atoms with Crippen LogP contribution >= 0.6 is 0 Å². The molecule has 1 aromatic carbocycles. The van der Waals surface area contributed by atoms with Gasteiger partial charge >= 0.3 is 0 Å². The van der Waals surface area contributed by atoms with Gasteiger partial charge in [-0.25, -0.2) is 8.78 Å². The second-order valence-electron chi connectivity index (χ2n) is 10.0. The average Bonchev–Trinajstić information content (AvgIpc) is 3.39. The lowest BCUT2D eigenvalue weighted by Gasteiger charge is -2.27. The molecule has 10 heteroatoms. The minimum absolute atomic E-state index is 0.00685. The number of amides is 1. The Hall–Kier alpha value is -3.40. The molecule has 1 atom stereocenters. The fourth-order valence-corrected chi connectivity index (χ4v) is 4.65. The van der Waals surface area contributed by atoms with Crippen molar-refractivity contribution in [2.24, 2.45) is 5.92 Å². The van der Waals surface area contributed by atoms with Gasteiger partial charge in [-0.05, 0) is 38.3 Å². The number of aromatic hydroxyl groups is 1. The van der Waals surface area contributed by atoms with Crippen LogP contribution < -0.4 is 10.1 Å². The van der Waals surface area contributed by atoms with Crippen molar-refractivity contribution in [2.45, 2.75) is 70.6 Å². The van der Waals surface area contributed by atoms with E-state index in [-0.39, 0.29) is 30.0 Å². The smallest absolute Gasteiger partial charge is 0.248 e. The molecule has 4 rings (SSSR count). The number of carbonyl (C=O) groups excluding carboxylic acids is 1. The third-order valence-electron chi connectivity index (χ3n) is 6.30. The quantitative estimate of drug-likeness (QED) is 0.365. The van der Waals surface area contributed by atoms with Crippen LogP contribution in [0.1, 0.15) is 58.4 Å². The number of rotatable bonds is 9. The van der Waals surface area contributed by atoms with Crippen molar-refractivity contribution in [1.29, 1.82) is 0 Å². The first-order valence-corrected chi connectivity index (χ1v) is 12.2. The monoisotopic (exact) mass is 502 g/mol. The first-order valence-electron chi connectivity index (χ1n) is 12.2. The van der Waals surface area contributed by atoms with Crippen LogP contribution in [0.5, 0.6) is 17.4 Å². The molecule has 3 aromatic rings. The van der Waals surface area contributed by atoms with Crippen molar-refractivity contribution in [3.8, 4) is 17.4 Å². The largest absolute Gasteiger partial charge is 0.494 e. The number of aromatic nitrogens is 3. The van der Waals surface area contributed by atoms with Crippen LogP contribution in [0.25, 0.3) is 0 Å². The average molecular weight is 503 g/mol. The molecule has 1 amide bonds. The van der Waals surface area contributed by atoms with Gasteiger partial charge in [0.2, 0.25) is 5.91 Å². The molecule has 0 spiro atoms. The highest BCUT2D eigenvalue weighted by atomic mass is 19.1. The summed E-state index contributed by atoms with van der Waals surface area (Å²) in [5.41, 5.74) is -0.970. The molecule has 0 bridgehead atoms. The van der Waals surface area contributed by atoms with Crippen molar-refractivity contribution in [2.75, 3.05) is 5.32 Å². The number of para-hydroxylation sites is 1. The Morgan fingerprint density at radius 2 is 1.92 bits per heavy atom. The molecule has 1 fully saturated rings. The second-order valence-corrected chi connectivity index (χ2v) is 10.0. The lowest BCUT2D eigenvalue weighted by molar-refractivity contribution is -0.120. The van der Waals surface area contributed by atoms with Crippen LogP contribution in [-0.2, 0) is 11.3 Å². The maximum absolute atomic E-state index is 14.1. The van der Waals surface area contributed by atoms with Gasteiger partial charge in [-0.15, -0.1) is 0 Å². The summed E-state index contributed by atoms with van der Waals surface area (Å²) in [7, 11) is 0.